The molecule has 1 amide bonds. The van der Waals surface area contributed by atoms with Gasteiger partial charge in [-0.05, 0) is 48.7 Å². The lowest BCUT2D eigenvalue weighted by molar-refractivity contribution is -0.132. The highest BCUT2D eigenvalue weighted by Crippen LogP contribution is 2.33. The summed E-state index contributed by atoms with van der Waals surface area (Å²) in [7, 11) is 3.16. The summed E-state index contributed by atoms with van der Waals surface area (Å²) < 4.78 is 15.9. The van der Waals surface area contributed by atoms with Gasteiger partial charge < -0.3 is 18.9 Å². The number of aryl methyl sites for hydroxylation is 1. The van der Waals surface area contributed by atoms with Crippen LogP contribution in [-0.2, 0) is 11.2 Å². The zero-order chi connectivity index (χ0) is 20.9. The lowest BCUT2D eigenvalue weighted by Crippen LogP contribution is -2.30. The maximum atomic E-state index is 12.8. The van der Waals surface area contributed by atoms with Crippen LogP contribution in [0, 0.1) is 0 Å². The van der Waals surface area contributed by atoms with Crippen molar-refractivity contribution in [2.45, 2.75) is 31.7 Å². The second-order valence-electron chi connectivity index (χ2n) is 7.11. The van der Waals surface area contributed by atoms with Crippen molar-refractivity contribution in [2.24, 2.45) is 0 Å². The van der Waals surface area contributed by atoms with Crippen LogP contribution in [0.25, 0.3) is 11.4 Å². The fourth-order valence-corrected chi connectivity index (χ4v) is 3.80. The molecule has 0 aliphatic carbocycles. The topological polar surface area (TPSA) is 90.6 Å². The SMILES string of the molecule is COc1ccc(-c2noc(CCC(=O)N3CCC[C@@H]3c3ccncc3)n2)cc1OC. The number of methoxy groups -OCH3 is 2. The molecule has 1 atom stereocenters. The summed E-state index contributed by atoms with van der Waals surface area (Å²) in [6.45, 7) is 0.770. The van der Waals surface area contributed by atoms with Crippen LogP contribution in [0.15, 0.2) is 47.2 Å². The highest BCUT2D eigenvalue weighted by Gasteiger charge is 2.29. The smallest absolute Gasteiger partial charge is 0.227 e. The number of nitrogens with zero attached hydrogens (tertiary/aromatic N) is 4. The van der Waals surface area contributed by atoms with Crippen LogP contribution in [0.4, 0.5) is 0 Å². The van der Waals surface area contributed by atoms with Crippen LogP contribution in [0.3, 0.4) is 0 Å². The summed E-state index contributed by atoms with van der Waals surface area (Å²) >= 11 is 0. The Balaban J connectivity index is 1.40. The normalized spacial score (nSPS) is 15.9. The molecule has 3 aromatic rings. The van der Waals surface area contributed by atoms with Gasteiger partial charge in [-0.1, -0.05) is 5.16 Å². The molecule has 0 bridgehead atoms. The van der Waals surface area contributed by atoms with Gasteiger partial charge in [0.15, 0.2) is 11.5 Å². The molecule has 4 rings (SSSR count). The highest BCUT2D eigenvalue weighted by molar-refractivity contribution is 5.77. The van der Waals surface area contributed by atoms with Gasteiger partial charge in [0.05, 0.1) is 20.3 Å². The molecule has 1 aliphatic rings. The average molecular weight is 408 g/mol. The lowest BCUT2D eigenvalue weighted by atomic mass is 10.1. The van der Waals surface area contributed by atoms with Gasteiger partial charge in [-0.15, -0.1) is 0 Å². The van der Waals surface area contributed by atoms with Crippen molar-refractivity contribution in [1.82, 2.24) is 20.0 Å². The van der Waals surface area contributed by atoms with Crippen LogP contribution in [0.2, 0.25) is 0 Å². The molecule has 1 aliphatic heterocycles. The van der Waals surface area contributed by atoms with E-state index < -0.39 is 0 Å². The first-order chi connectivity index (χ1) is 14.7. The quantitative estimate of drug-likeness (QED) is 0.591. The van der Waals surface area contributed by atoms with Crippen molar-refractivity contribution in [1.29, 1.82) is 0 Å². The minimum atomic E-state index is 0.0974. The Morgan fingerprint density at radius 3 is 2.73 bits per heavy atom. The number of ether oxygens (including phenoxy) is 2. The number of hydrogen-bond donors (Lipinski definition) is 0. The summed E-state index contributed by atoms with van der Waals surface area (Å²) in [6.07, 6.45) is 6.24. The Labute approximate surface area is 174 Å². The number of carbonyl (C=O) groups is 1. The summed E-state index contributed by atoms with van der Waals surface area (Å²) in [4.78, 5) is 23.3. The van der Waals surface area contributed by atoms with E-state index in [1.54, 1.807) is 38.7 Å². The molecule has 1 saturated heterocycles. The molecule has 8 nitrogen and oxygen atoms in total. The molecular formula is C22H24N4O4. The van der Waals surface area contributed by atoms with Crippen molar-refractivity contribution < 1.29 is 18.8 Å². The molecule has 30 heavy (non-hydrogen) atoms. The third-order valence-corrected chi connectivity index (χ3v) is 5.33. The van der Waals surface area contributed by atoms with Gasteiger partial charge in [0.2, 0.25) is 17.6 Å². The molecule has 0 unspecified atom stereocenters. The van der Waals surface area contributed by atoms with Crippen LogP contribution < -0.4 is 9.47 Å². The molecule has 0 N–H and O–H groups in total. The molecule has 3 heterocycles. The fourth-order valence-electron chi connectivity index (χ4n) is 3.80. The number of aromatic nitrogens is 3. The van der Waals surface area contributed by atoms with Gasteiger partial charge in [-0.25, -0.2) is 0 Å². The first kappa shape index (κ1) is 19.9. The number of amides is 1. The standard InChI is InChI=1S/C22H24N4O4/c1-28-18-6-5-16(14-19(18)29-2)22-24-20(30-25-22)7-8-21(27)26-13-3-4-17(26)15-9-11-23-12-10-15/h5-6,9-12,14,17H,3-4,7-8,13H2,1-2H3/t17-/m1/s1. The molecule has 1 fully saturated rings. The van der Waals surface area contributed by atoms with Crippen LogP contribution in [0.1, 0.15) is 36.8 Å². The minimum Gasteiger partial charge on any atom is -0.493 e. The third kappa shape index (κ3) is 4.12. The summed E-state index contributed by atoms with van der Waals surface area (Å²) in [5.41, 5.74) is 1.88. The number of likely N-dealkylation sites (tertiary alicyclic amines) is 1. The van der Waals surface area contributed by atoms with Gasteiger partial charge in [-0.2, -0.15) is 4.98 Å². The van der Waals surface area contributed by atoms with Crippen molar-refractivity contribution in [3.8, 4) is 22.9 Å². The van der Waals surface area contributed by atoms with Crippen molar-refractivity contribution in [3.05, 3.63) is 54.2 Å². The van der Waals surface area contributed by atoms with Crippen LogP contribution >= 0.6 is 0 Å². The molecule has 0 radical (unpaired) electrons. The van der Waals surface area contributed by atoms with Gasteiger partial charge in [0.1, 0.15) is 0 Å². The van der Waals surface area contributed by atoms with Crippen molar-refractivity contribution in [2.75, 3.05) is 20.8 Å². The monoisotopic (exact) mass is 408 g/mol. The molecule has 1 aromatic carbocycles. The highest BCUT2D eigenvalue weighted by atomic mass is 16.5. The predicted octanol–water partition coefficient (Wildman–Crippen LogP) is 3.45. The van der Waals surface area contributed by atoms with Crippen molar-refractivity contribution in [3.63, 3.8) is 0 Å². The van der Waals surface area contributed by atoms with E-state index in [9.17, 15) is 4.79 Å². The Morgan fingerprint density at radius 2 is 1.97 bits per heavy atom. The number of carbonyl (C=O) groups excluding carboxylic acids is 1. The van der Waals surface area contributed by atoms with Gasteiger partial charge in [0.25, 0.3) is 0 Å². The maximum absolute atomic E-state index is 12.8. The zero-order valence-electron chi connectivity index (χ0n) is 17.1. The number of benzene rings is 1. The zero-order valence-corrected chi connectivity index (χ0v) is 17.1. The van der Waals surface area contributed by atoms with E-state index in [0.29, 0.717) is 36.1 Å². The first-order valence-electron chi connectivity index (χ1n) is 9.94. The number of rotatable bonds is 7. The second kappa shape index (κ2) is 8.94. The Bertz CT molecular complexity index is 1010. The lowest BCUT2D eigenvalue weighted by Gasteiger charge is -2.24. The molecule has 8 heteroatoms. The second-order valence-corrected chi connectivity index (χ2v) is 7.11. The van der Waals surface area contributed by atoms with Gasteiger partial charge in [-0.3, -0.25) is 9.78 Å². The predicted molar refractivity (Wildman–Crippen MR) is 109 cm³/mol. The van der Waals surface area contributed by atoms with Crippen LogP contribution in [0.5, 0.6) is 11.5 Å². The van der Waals surface area contributed by atoms with E-state index in [1.165, 1.54) is 0 Å². The van der Waals surface area contributed by atoms with E-state index in [1.807, 2.05) is 23.1 Å². The number of hydrogen-bond acceptors (Lipinski definition) is 7. The fraction of sp³-hybridized carbons (Fsp3) is 0.364. The van der Waals surface area contributed by atoms with Gasteiger partial charge in [0, 0.05) is 37.3 Å². The molecule has 0 spiro atoms. The molecule has 0 saturated carbocycles. The Hall–Kier alpha value is -3.42. The molecule has 2 aromatic heterocycles. The third-order valence-electron chi connectivity index (χ3n) is 5.33. The minimum absolute atomic E-state index is 0.0974. The summed E-state index contributed by atoms with van der Waals surface area (Å²) in [5, 5.41) is 4.04. The van der Waals surface area contributed by atoms with Crippen LogP contribution in [-0.4, -0.2) is 46.7 Å². The van der Waals surface area contributed by atoms with E-state index >= 15 is 0 Å². The summed E-state index contributed by atoms with van der Waals surface area (Å²) in [6, 6.07) is 9.49. The molecule has 156 valence electrons. The number of pyridine rings is 1. The Morgan fingerprint density at radius 1 is 1.17 bits per heavy atom. The Kier molecular flexibility index (Phi) is 5.92. The molecular weight excluding hydrogens is 384 g/mol. The largest absolute Gasteiger partial charge is 0.493 e. The first-order valence-corrected chi connectivity index (χ1v) is 9.94. The van der Waals surface area contributed by atoms with E-state index in [4.69, 9.17) is 14.0 Å². The van der Waals surface area contributed by atoms with Gasteiger partial charge >= 0.3 is 0 Å². The van der Waals surface area contributed by atoms with E-state index in [2.05, 4.69) is 15.1 Å². The summed E-state index contributed by atoms with van der Waals surface area (Å²) in [5.74, 6) is 2.21. The van der Waals surface area contributed by atoms with E-state index in [-0.39, 0.29) is 11.9 Å². The average Bonchev–Trinajstić information content (AvgIpc) is 3.47. The maximum Gasteiger partial charge on any atom is 0.227 e. The van der Waals surface area contributed by atoms with Crippen molar-refractivity contribution >= 4 is 5.91 Å². The van der Waals surface area contributed by atoms with E-state index in [0.717, 1.165) is 30.5 Å².